The molecule has 0 saturated heterocycles. The molecule has 0 unspecified atom stereocenters. The predicted octanol–water partition coefficient (Wildman–Crippen LogP) is 2.97. The third-order valence-corrected chi connectivity index (χ3v) is 3.74. The maximum atomic E-state index is 12.3. The molecule has 2 heterocycles. The Morgan fingerprint density at radius 3 is 2.54 bits per heavy atom. The Hall–Kier alpha value is -3.54. The highest BCUT2D eigenvalue weighted by molar-refractivity contribution is 6.04. The highest BCUT2D eigenvalue weighted by atomic mass is 16.2. The van der Waals surface area contributed by atoms with Crippen molar-refractivity contribution in [3.63, 3.8) is 0 Å². The lowest BCUT2D eigenvalue weighted by Gasteiger charge is -2.08. The Balaban J connectivity index is 1.66. The molecule has 0 fully saturated rings. The van der Waals surface area contributed by atoms with E-state index in [1.165, 1.54) is 12.3 Å². The molecule has 0 saturated carbocycles. The maximum Gasteiger partial charge on any atom is 0.274 e. The lowest BCUT2D eigenvalue weighted by atomic mass is 10.2. The summed E-state index contributed by atoms with van der Waals surface area (Å²) in [6, 6.07) is 14.2. The molecule has 0 bridgehead atoms. The highest BCUT2D eigenvalue weighted by Gasteiger charge is 2.12. The van der Waals surface area contributed by atoms with Gasteiger partial charge >= 0.3 is 0 Å². The number of carbonyl (C=O) groups excluding carboxylic acids is 2. The normalized spacial score (nSPS) is 10.2. The molecule has 2 N–H and O–H groups in total. The molecule has 0 radical (unpaired) electrons. The van der Waals surface area contributed by atoms with Gasteiger partial charge in [-0.1, -0.05) is 23.8 Å². The second kappa shape index (κ2) is 8.02. The molecule has 0 aliphatic heterocycles. The van der Waals surface area contributed by atoms with Gasteiger partial charge in [0.15, 0.2) is 0 Å². The number of pyridine rings is 2. The van der Waals surface area contributed by atoms with Gasteiger partial charge in [0.05, 0.1) is 0 Å². The molecular weight excluding hydrogens is 328 g/mol. The van der Waals surface area contributed by atoms with Crippen LogP contribution >= 0.6 is 0 Å². The largest absolute Gasteiger partial charge is 0.348 e. The molecule has 130 valence electrons. The van der Waals surface area contributed by atoms with Crippen molar-refractivity contribution >= 4 is 17.5 Å². The third-order valence-electron chi connectivity index (χ3n) is 3.74. The maximum absolute atomic E-state index is 12.3. The van der Waals surface area contributed by atoms with Crippen molar-refractivity contribution in [2.45, 2.75) is 13.5 Å². The number of benzene rings is 1. The summed E-state index contributed by atoms with van der Waals surface area (Å²) in [7, 11) is 0. The van der Waals surface area contributed by atoms with Crippen LogP contribution in [0.3, 0.4) is 0 Å². The van der Waals surface area contributed by atoms with Crippen molar-refractivity contribution in [2.24, 2.45) is 0 Å². The SMILES string of the molecule is Cc1ccc(NC(=O)c2cc(C(=O)NCc3cccnc3)ccn2)cc1. The van der Waals surface area contributed by atoms with Crippen molar-refractivity contribution in [2.75, 3.05) is 5.32 Å². The van der Waals surface area contributed by atoms with E-state index in [-0.39, 0.29) is 17.5 Å². The van der Waals surface area contributed by atoms with Gasteiger partial charge in [0.1, 0.15) is 5.69 Å². The number of aryl methyl sites for hydroxylation is 1. The van der Waals surface area contributed by atoms with Gasteiger partial charge in [0, 0.05) is 36.4 Å². The number of hydrogen-bond acceptors (Lipinski definition) is 4. The molecule has 3 aromatic rings. The Morgan fingerprint density at radius 2 is 1.81 bits per heavy atom. The molecule has 1 aromatic carbocycles. The van der Waals surface area contributed by atoms with Crippen LogP contribution < -0.4 is 10.6 Å². The fourth-order valence-corrected chi connectivity index (χ4v) is 2.32. The van der Waals surface area contributed by atoms with Crippen molar-refractivity contribution < 1.29 is 9.59 Å². The standard InChI is InChI=1S/C20H18N4O2/c1-14-4-6-17(7-5-14)24-20(26)18-11-16(8-10-22-18)19(25)23-13-15-3-2-9-21-12-15/h2-12H,13H2,1H3,(H,23,25)(H,24,26). The van der Waals surface area contributed by atoms with Crippen LogP contribution in [0, 0.1) is 6.92 Å². The molecule has 2 aromatic heterocycles. The Labute approximate surface area is 151 Å². The second-order valence-electron chi connectivity index (χ2n) is 5.79. The fourth-order valence-electron chi connectivity index (χ4n) is 2.32. The number of nitrogens with one attached hydrogen (secondary N) is 2. The molecule has 6 nitrogen and oxygen atoms in total. The molecule has 0 aliphatic carbocycles. The topological polar surface area (TPSA) is 84.0 Å². The van der Waals surface area contributed by atoms with E-state index in [1.54, 1.807) is 24.5 Å². The van der Waals surface area contributed by atoms with Crippen LogP contribution in [0.5, 0.6) is 0 Å². The quantitative estimate of drug-likeness (QED) is 0.744. The zero-order chi connectivity index (χ0) is 18.4. The molecule has 0 spiro atoms. The number of carbonyl (C=O) groups is 2. The number of amides is 2. The molecule has 2 amide bonds. The summed E-state index contributed by atoms with van der Waals surface area (Å²) in [4.78, 5) is 32.7. The molecule has 0 atom stereocenters. The number of hydrogen-bond donors (Lipinski definition) is 2. The minimum Gasteiger partial charge on any atom is -0.348 e. The van der Waals surface area contributed by atoms with E-state index in [9.17, 15) is 9.59 Å². The second-order valence-corrected chi connectivity index (χ2v) is 5.79. The monoisotopic (exact) mass is 346 g/mol. The van der Waals surface area contributed by atoms with Crippen molar-refractivity contribution in [1.29, 1.82) is 0 Å². The molecule has 3 rings (SSSR count). The average molecular weight is 346 g/mol. The van der Waals surface area contributed by atoms with Gasteiger partial charge in [-0.25, -0.2) is 0 Å². The number of anilines is 1. The van der Waals surface area contributed by atoms with Crippen LogP contribution in [0.4, 0.5) is 5.69 Å². The first-order valence-electron chi connectivity index (χ1n) is 8.13. The predicted molar refractivity (Wildman–Crippen MR) is 98.8 cm³/mol. The summed E-state index contributed by atoms with van der Waals surface area (Å²) in [6.45, 7) is 2.33. The first kappa shape index (κ1) is 17.3. The summed E-state index contributed by atoms with van der Waals surface area (Å²) in [5.41, 5.74) is 3.23. The number of aromatic nitrogens is 2. The summed E-state index contributed by atoms with van der Waals surface area (Å²) in [5, 5.41) is 5.57. The summed E-state index contributed by atoms with van der Waals surface area (Å²) < 4.78 is 0. The van der Waals surface area contributed by atoms with Crippen molar-refractivity contribution in [3.05, 3.63) is 89.5 Å². The smallest absolute Gasteiger partial charge is 0.274 e. The lowest BCUT2D eigenvalue weighted by molar-refractivity contribution is 0.0950. The van der Waals surface area contributed by atoms with E-state index in [1.807, 2.05) is 37.3 Å². The fraction of sp³-hybridized carbons (Fsp3) is 0.100. The Bertz CT molecular complexity index is 909. The van der Waals surface area contributed by atoms with Crippen molar-refractivity contribution in [1.82, 2.24) is 15.3 Å². The molecule has 6 heteroatoms. The number of nitrogens with zero attached hydrogens (tertiary/aromatic N) is 2. The van der Waals surface area contributed by atoms with E-state index in [4.69, 9.17) is 0 Å². The average Bonchev–Trinajstić information content (AvgIpc) is 2.69. The number of rotatable bonds is 5. The zero-order valence-corrected chi connectivity index (χ0v) is 14.3. The lowest BCUT2D eigenvalue weighted by Crippen LogP contribution is -2.23. The third kappa shape index (κ3) is 4.51. The van der Waals surface area contributed by atoms with E-state index in [0.29, 0.717) is 17.8 Å². The van der Waals surface area contributed by atoms with Crippen LogP contribution in [-0.4, -0.2) is 21.8 Å². The molecule has 0 aliphatic rings. The van der Waals surface area contributed by atoms with Crippen molar-refractivity contribution in [3.8, 4) is 0 Å². The van der Waals surface area contributed by atoms with Gasteiger partial charge < -0.3 is 10.6 Å². The van der Waals surface area contributed by atoms with Gasteiger partial charge in [0.2, 0.25) is 0 Å². The van der Waals surface area contributed by atoms with Crippen LogP contribution in [0.15, 0.2) is 67.1 Å². The first-order valence-corrected chi connectivity index (χ1v) is 8.13. The zero-order valence-electron chi connectivity index (χ0n) is 14.3. The summed E-state index contributed by atoms with van der Waals surface area (Å²) >= 11 is 0. The van der Waals surface area contributed by atoms with Gasteiger partial charge in [-0.05, 0) is 42.8 Å². The van der Waals surface area contributed by atoms with E-state index in [0.717, 1.165) is 11.1 Å². The minimum absolute atomic E-state index is 0.180. The van der Waals surface area contributed by atoms with Gasteiger partial charge in [-0.2, -0.15) is 0 Å². The van der Waals surface area contributed by atoms with Gasteiger partial charge in [-0.3, -0.25) is 19.6 Å². The van der Waals surface area contributed by atoms with E-state index < -0.39 is 0 Å². The van der Waals surface area contributed by atoms with Gasteiger partial charge in [-0.15, -0.1) is 0 Å². The highest BCUT2D eigenvalue weighted by Crippen LogP contribution is 2.11. The van der Waals surface area contributed by atoms with Crippen LogP contribution in [0.25, 0.3) is 0 Å². The van der Waals surface area contributed by atoms with Crippen LogP contribution in [0.2, 0.25) is 0 Å². The van der Waals surface area contributed by atoms with E-state index in [2.05, 4.69) is 20.6 Å². The molecule has 26 heavy (non-hydrogen) atoms. The minimum atomic E-state index is -0.365. The van der Waals surface area contributed by atoms with E-state index >= 15 is 0 Å². The molecular formula is C20H18N4O2. The first-order chi connectivity index (χ1) is 12.6. The van der Waals surface area contributed by atoms with Gasteiger partial charge in [0.25, 0.3) is 11.8 Å². The summed E-state index contributed by atoms with van der Waals surface area (Å²) in [6.07, 6.45) is 4.81. The summed E-state index contributed by atoms with van der Waals surface area (Å²) in [5.74, 6) is -0.642. The van der Waals surface area contributed by atoms with Crippen LogP contribution in [-0.2, 0) is 6.54 Å². The van der Waals surface area contributed by atoms with Crippen LogP contribution in [0.1, 0.15) is 32.0 Å². The Kier molecular flexibility index (Phi) is 5.34. The Morgan fingerprint density at radius 1 is 1.00 bits per heavy atom.